The lowest BCUT2D eigenvalue weighted by atomic mass is 10.1. The fraction of sp³-hybridized carbons (Fsp3) is 0.118. The van der Waals surface area contributed by atoms with E-state index in [0.717, 1.165) is 5.56 Å². The van der Waals surface area contributed by atoms with Crippen LogP contribution >= 0.6 is 11.6 Å². The maximum atomic E-state index is 12.3. The fourth-order valence-electron chi connectivity index (χ4n) is 1.89. The topological polar surface area (TPSA) is 35.5 Å². The molecule has 2 aromatic carbocycles. The normalized spacial score (nSPS) is 11.0. The van der Waals surface area contributed by atoms with E-state index in [4.69, 9.17) is 16.3 Å². The molecular formula is C17H13ClF2O3. The van der Waals surface area contributed by atoms with E-state index in [1.165, 1.54) is 31.4 Å². The summed E-state index contributed by atoms with van der Waals surface area (Å²) in [5.41, 5.74) is 1.07. The third kappa shape index (κ3) is 4.79. The van der Waals surface area contributed by atoms with Crippen LogP contribution in [0.3, 0.4) is 0 Å². The molecule has 0 radical (unpaired) electrons. The Labute approximate surface area is 137 Å². The van der Waals surface area contributed by atoms with Crippen LogP contribution in [0.5, 0.6) is 11.5 Å². The van der Waals surface area contributed by atoms with Crippen molar-refractivity contribution in [1.82, 2.24) is 0 Å². The van der Waals surface area contributed by atoms with Gasteiger partial charge in [0.25, 0.3) is 0 Å². The zero-order valence-electron chi connectivity index (χ0n) is 12.1. The largest absolute Gasteiger partial charge is 0.493 e. The van der Waals surface area contributed by atoms with Gasteiger partial charge in [0, 0.05) is 10.6 Å². The van der Waals surface area contributed by atoms with Gasteiger partial charge in [-0.2, -0.15) is 8.78 Å². The lowest BCUT2D eigenvalue weighted by Crippen LogP contribution is -2.04. The van der Waals surface area contributed by atoms with E-state index >= 15 is 0 Å². The first-order valence-corrected chi connectivity index (χ1v) is 6.98. The van der Waals surface area contributed by atoms with E-state index < -0.39 is 6.61 Å². The molecular weight excluding hydrogens is 326 g/mol. The van der Waals surface area contributed by atoms with Gasteiger partial charge in [0.2, 0.25) is 0 Å². The minimum absolute atomic E-state index is 0.0623. The van der Waals surface area contributed by atoms with Crippen molar-refractivity contribution in [3.63, 3.8) is 0 Å². The molecule has 0 aliphatic carbocycles. The summed E-state index contributed by atoms with van der Waals surface area (Å²) in [6.07, 6.45) is 2.98. The van der Waals surface area contributed by atoms with Crippen LogP contribution in [0.4, 0.5) is 8.78 Å². The number of alkyl halides is 2. The van der Waals surface area contributed by atoms with E-state index in [-0.39, 0.29) is 17.3 Å². The Morgan fingerprint density at radius 2 is 1.96 bits per heavy atom. The summed E-state index contributed by atoms with van der Waals surface area (Å²) in [6.45, 7) is -2.96. The molecule has 0 fully saturated rings. The number of carbonyl (C=O) groups excluding carboxylic acids is 1. The number of carbonyl (C=O) groups is 1. The van der Waals surface area contributed by atoms with E-state index in [9.17, 15) is 13.6 Å². The number of benzene rings is 2. The Bertz CT molecular complexity index is 730. The van der Waals surface area contributed by atoms with E-state index in [1.807, 2.05) is 0 Å². The summed E-state index contributed by atoms with van der Waals surface area (Å²) in [6, 6.07) is 11.0. The van der Waals surface area contributed by atoms with Crippen molar-refractivity contribution < 1.29 is 23.0 Å². The minimum Gasteiger partial charge on any atom is -0.493 e. The molecule has 0 heterocycles. The van der Waals surface area contributed by atoms with Gasteiger partial charge in [-0.05, 0) is 42.0 Å². The molecule has 6 heteroatoms. The first-order valence-electron chi connectivity index (χ1n) is 6.60. The molecule has 23 heavy (non-hydrogen) atoms. The second-order valence-corrected chi connectivity index (χ2v) is 4.93. The average Bonchev–Trinajstić information content (AvgIpc) is 2.52. The van der Waals surface area contributed by atoms with Gasteiger partial charge in [-0.1, -0.05) is 29.8 Å². The summed E-state index contributed by atoms with van der Waals surface area (Å²) in [4.78, 5) is 12.1. The van der Waals surface area contributed by atoms with Crippen LogP contribution in [0.2, 0.25) is 5.02 Å². The molecule has 2 rings (SSSR count). The Balaban J connectivity index is 2.19. The van der Waals surface area contributed by atoms with Crippen LogP contribution in [-0.2, 0) is 0 Å². The first-order chi connectivity index (χ1) is 11.0. The third-order valence-electron chi connectivity index (χ3n) is 2.94. The monoisotopic (exact) mass is 338 g/mol. The maximum Gasteiger partial charge on any atom is 0.387 e. The third-order valence-corrected chi connectivity index (χ3v) is 3.18. The second kappa shape index (κ2) is 7.74. The quantitative estimate of drug-likeness (QED) is 0.558. The van der Waals surface area contributed by atoms with Crippen LogP contribution < -0.4 is 9.47 Å². The van der Waals surface area contributed by atoms with Gasteiger partial charge in [0.1, 0.15) is 0 Å². The predicted molar refractivity (Wildman–Crippen MR) is 84.4 cm³/mol. The molecule has 0 spiro atoms. The molecule has 0 aliphatic heterocycles. The SMILES string of the molecule is COc1cc(C(=O)/C=C/c2cccc(Cl)c2)ccc1OC(F)F. The number of hydrogen-bond donors (Lipinski definition) is 0. The van der Waals surface area contributed by atoms with Crippen LogP contribution in [0.1, 0.15) is 15.9 Å². The summed E-state index contributed by atoms with van der Waals surface area (Å²) in [7, 11) is 1.31. The molecule has 3 nitrogen and oxygen atoms in total. The second-order valence-electron chi connectivity index (χ2n) is 4.50. The van der Waals surface area contributed by atoms with Gasteiger partial charge >= 0.3 is 6.61 Å². The molecule has 0 aromatic heterocycles. The van der Waals surface area contributed by atoms with Crippen molar-refractivity contribution >= 4 is 23.5 Å². The standard InChI is InChI=1S/C17H13ClF2O3/c1-22-16-10-12(6-8-15(16)23-17(19)20)14(21)7-5-11-3-2-4-13(18)9-11/h2-10,17H,1H3/b7-5+. The highest BCUT2D eigenvalue weighted by Gasteiger charge is 2.13. The molecule has 0 bridgehead atoms. The number of ether oxygens (including phenoxy) is 2. The van der Waals surface area contributed by atoms with E-state index in [2.05, 4.69) is 4.74 Å². The first kappa shape index (κ1) is 17.0. The van der Waals surface area contributed by atoms with Crippen LogP contribution in [-0.4, -0.2) is 19.5 Å². The summed E-state index contributed by atoms with van der Waals surface area (Å²) < 4.78 is 33.8. The maximum absolute atomic E-state index is 12.3. The van der Waals surface area contributed by atoms with Crippen LogP contribution in [0.25, 0.3) is 6.08 Å². The Morgan fingerprint density at radius 3 is 2.61 bits per heavy atom. The summed E-state index contributed by atoms with van der Waals surface area (Å²) in [5.74, 6) is -0.364. The fourth-order valence-corrected chi connectivity index (χ4v) is 2.09. The highest BCUT2D eigenvalue weighted by atomic mass is 35.5. The van der Waals surface area contributed by atoms with E-state index in [0.29, 0.717) is 10.6 Å². The average molecular weight is 339 g/mol. The zero-order chi connectivity index (χ0) is 16.8. The van der Waals surface area contributed by atoms with Crippen molar-refractivity contribution in [3.05, 3.63) is 64.7 Å². The minimum atomic E-state index is -2.96. The van der Waals surface area contributed by atoms with Gasteiger partial charge < -0.3 is 9.47 Å². The van der Waals surface area contributed by atoms with Crippen molar-refractivity contribution in [3.8, 4) is 11.5 Å². The molecule has 0 amide bonds. The molecule has 2 aromatic rings. The smallest absolute Gasteiger partial charge is 0.387 e. The summed E-state index contributed by atoms with van der Waals surface area (Å²) >= 11 is 5.87. The van der Waals surface area contributed by atoms with Crippen LogP contribution in [0, 0.1) is 0 Å². The van der Waals surface area contributed by atoms with Crippen LogP contribution in [0.15, 0.2) is 48.5 Å². The molecule has 0 atom stereocenters. The van der Waals surface area contributed by atoms with Gasteiger partial charge in [-0.3, -0.25) is 4.79 Å². The molecule has 0 unspecified atom stereocenters. The molecule has 120 valence electrons. The molecule has 0 saturated carbocycles. The lowest BCUT2D eigenvalue weighted by molar-refractivity contribution is -0.0512. The molecule has 0 aliphatic rings. The molecule has 0 saturated heterocycles. The van der Waals surface area contributed by atoms with Crippen molar-refractivity contribution in [2.75, 3.05) is 7.11 Å². The Kier molecular flexibility index (Phi) is 5.71. The lowest BCUT2D eigenvalue weighted by Gasteiger charge is -2.10. The summed E-state index contributed by atoms with van der Waals surface area (Å²) in [5, 5.41) is 0.565. The number of hydrogen-bond acceptors (Lipinski definition) is 3. The number of rotatable bonds is 6. The Morgan fingerprint density at radius 1 is 1.17 bits per heavy atom. The van der Waals surface area contributed by atoms with Gasteiger partial charge in [0.05, 0.1) is 7.11 Å². The van der Waals surface area contributed by atoms with Crippen molar-refractivity contribution in [2.24, 2.45) is 0 Å². The molecule has 0 N–H and O–H groups in total. The highest BCUT2D eigenvalue weighted by molar-refractivity contribution is 6.30. The number of allylic oxidation sites excluding steroid dienone is 1. The number of methoxy groups -OCH3 is 1. The number of halogens is 3. The number of ketones is 1. The van der Waals surface area contributed by atoms with Gasteiger partial charge in [-0.25, -0.2) is 0 Å². The zero-order valence-corrected chi connectivity index (χ0v) is 12.9. The Hall–Kier alpha value is -2.40. The van der Waals surface area contributed by atoms with E-state index in [1.54, 1.807) is 30.3 Å². The highest BCUT2D eigenvalue weighted by Crippen LogP contribution is 2.29. The van der Waals surface area contributed by atoms with Gasteiger partial charge in [0.15, 0.2) is 17.3 Å². The van der Waals surface area contributed by atoms with Crippen molar-refractivity contribution in [1.29, 1.82) is 0 Å². The van der Waals surface area contributed by atoms with Crippen molar-refractivity contribution in [2.45, 2.75) is 6.61 Å². The van der Waals surface area contributed by atoms with Gasteiger partial charge in [-0.15, -0.1) is 0 Å². The predicted octanol–water partition coefficient (Wildman–Crippen LogP) is 4.85.